The Kier molecular flexibility index (Phi) is 5.28. The molecule has 0 aliphatic carbocycles. The number of oxazole rings is 1. The molecule has 1 aliphatic rings. The van der Waals surface area contributed by atoms with E-state index in [1.807, 2.05) is 38.1 Å². The summed E-state index contributed by atoms with van der Waals surface area (Å²) in [7, 11) is 0. The third-order valence-electron chi connectivity index (χ3n) is 5.81. The quantitative estimate of drug-likeness (QED) is 0.424. The Morgan fingerprint density at radius 3 is 2.52 bits per heavy atom. The van der Waals surface area contributed by atoms with Crippen molar-refractivity contribution >= 4 is 5.69 Å². The van der Waals surface area contributed by atoms with Gasteiger partial charge >= 0.3 is 5.89 Å². The second kappa shape index (κ2) is 8.38. The van der Waals surface area contributed by atoms with Gasteiger partial charge in [-0.2, -0.15) is 4.98 Å². The fourth-order valence-corrected chi connectivity index (χ4v) is 4.02. The van der Waals surface area contributed by atoms with Gasteiger partial charge < -0.3 is 13.8 Å². The third kappa shape index (κ3) is 4.24. The van der Waals surface area contributed by atoms with Crippen LogP contribution >= 0.6 is 0 Å². The molecule has 2 aromatic heterocycles. The smallest absolute Gasteiger partial charge is 0.314 e. The lowest BCUT2D eigenvalue weighted by Gasteiger charge is -2.29. The van der Waals surface area contributed by atoms with Crippen molar-refractivity contribution in [2.45, 2.75) is 39.5 Å². The predicted molar refractivity (Wildman–Crippen MR) is 120 cm³/mol. The van der Waals surface area contributed by atoms with Gasteiger partial charge in [-0.3, -0.25) is 0 Å². The molecule has 1 aliphatic heterocycles. The Morgan fingerprint density at radius 2 is 1.71 bits per heavy atom. The number of nitrogens with zero attached hydrogens (tertiary/aromatic N) is 4. The molecule has 0 unspecified atom stereocenters. The lowest BCUT2D eigenvalue weighted by Crippen LogP contribution is -2.29. The van der Waals surface area contributed by atoms with Gasteiger partial charge in [0.05, 0.1) is 5.69 Å². The number of hydrogen-bond donors (Lipinski definition) is 0. The van der Waals surface area contributed by atoms with Crippen LogP contribution in [0.25, 0.3) is 23.2 Å². The summed E-state index contributed by atoms with van der Waals surface area (Å²) in [6.45, 7) is 6.25. The van der Waals surface area contributed by atoms with Crippen molar-refractivity contribution in [2.24, 2.45) is 0 Å². The van der Waals surface area contributed by atoms with Crippen LogP contribution in [0.3, 0.4) is 0 Å². The van der Waals surface area contributed by atoms with Crippen LogP contribution in [0.1, 0.15) is 41.8 Å². The van der Waals surface area contributed by atoms with Gasteiger partial charge in [0, 0.05) is 30.8 Å². The molecule has 0 spiro atoms. The number of piperidine rings is 1. The first-order chi connectivity index (χ1) is 15.2. The number of rotatable bonds is 5. The highest BCUT2D eigenvalue weighted by Gasteiger charge is 2.19. The summed E-state index contributed by atoms with van der Waals surface area (Å²) in [5.74, 6) is 1.97. The van der Waals surface area contributed by atoms with Gasteiger partial charge in [-0.1, -0.05) is 47.1 Å². The Labute approximate surface area is 181 Å². The van der Waals surface area contributed by atoms with E-state index in [2.05, 4.69) is 44.3 Å². The SMILES string of the molecule is Cc1ccc(-c2noc(-c3nc(Cc4cccc(N5CCCCC5)c4)c(C)o3)n2)cc1. The largest absolute Gasteiger partial charge is 0.438 e. The first-order valence-corrected chi connectivity index (χ1v) is 10.9. The molecule has 158 valence electrons. The molecule has 0 atom stereocenters. The van der Waals surface area contributed by atoms with Crippen molar-refractivity contribution in [3.05, 3.63) is 71.1 Å². The summed E-state index contributed by atoms with van der Waals surface area (Å²) in [6, 6.07) is 16.7. The maximum absolute atomic E-state index is 5.87. The van der Waals surface area contributed by atoms with E-state index in [1.54, 1.807) is 0 Å². The lowest BCUT2D eigenvalue weighted by molar-refractivity contribution is 0.411. The minimum Gasteiger partial charge on any atom is -0.438 e. The zero-order valence-electron chi connectivity index (χ0n) is 18.0. The molecule has 2 aromatic carbocycles. The minimum absolute atomic E-state index is 0.298. The molecule has 4 aromatic rings. The standard InChI is InChI=1S/C25H26N4O2/c1-17-9-11-20(12-10-17)23-27-25(31-28-23)24-26-22(18(2)30-24)16-19-7-6-8-21(15-19)29-13-4-3-5-14-29/h6-12,15H,3-5,13-14,16H2,1-2H3. The molecule has 6 nitrogen and oxygen atoms in total. The lowest BCUT2D eigenvalue weighted by atomic mass is 10.1. The Morgan fingerprint density at radius 1 is 0.903 bits per heavy atom. The Bertz CT molecular complexity index is 1170. The van der Waals surface area contributed by atoms with Gasteiger partial charge in [-0.15, -0.1) is 0 Å². The molecule has 5 rings (SSSR count). The fraction of sp³-hybridized carbons (Fsp3) is 0.320. The summed E-state index contributed by atoms with van der Waals surface area (Å²) in [5.41, 5.74) is 5.49. The summed E-state index contributed by atoms with van der Waals surface area (Å²) >= 11 is 0. The molecule has 6 heteroatoms. The maximum Gasteiger partial charge on any atom is 0.314 e. The molecular formula is C25H26N4O2. The number of aryl methyl sites for hydroxylation is 2. The van der Waals surface area contributed by atoms with E-state index < -0.39 is 0 Å². The third-order valence-corrected chi connectivity index (χ3v) is 5.81. The molecule has 31 heavy (non-hydrogen) atoms. The molecule has 0 N–H and O–H groups in total. The minimum atomic E-state index is 0.298. The van der Waals surface area contributed by atoms with Crippen molar-refractivity contribution in [3.8, 4) is 23.2 Å². The van der Waals surface area contributed by atoms with Crippen LogP contribution in [0.15, 0.2) is 57.5 Å². The van der Waals surface area contributed by atoms with E-state index >= 15 is 0 Å². The van der Waals surface area contributed by atoms with E-state index in [0.717, 1.165) is 30.1 Å². The normalized spacial score (nSPS) is 14.2. The number of benzene rings is 2. The number of anilines is 1. The van der Waals surface area contributed by atoms with Crippen molar-refractivity contribution in [3.63, 3.8) is 0 Å². The van der Waals surface area contributed by atoms with Crippen molar-refractivity contribution < 1.29 is 8.94 Å². The second-order valence-corrected chi connectivity index (χ2v) is 8.21. The summed E-state index contributed by atoms with van der Waals surface area (Å²) in [6.07, 6.45) is 4.57. The molecule has 0 amide bonds. The van der Waals surface area contributed by atoms with Crippen LogP contribution in [-0.2, 0) is 6.42 Å². The highest BCUT2D eigenvalue weighted by molar-refractivity contribution is 5.57. The predicted octanol–water partition coefficient (Wildman–Crippen LogP) is 5.59. The summed E-state index contributed by atoms with van der Waals surface area (Å²) in [4.78, 5) is 11.6. The van der Waals surface area contributed by atoms with Crippen LogP contribution < -0.4 is 4.90 Å². The molecular weight excluding hydrogens is 388 g/mol. The fourth-order valence-electron chi connectivity index (χ4n) is 4.02. The topological polar surface area (TPSA) is 68.2 Å². The van der Waals surface area contributed by atoms with Gasteiger partial charge in [0.1, 0.15) is 5.76 Å². The molecule has 0 radical (unpaired) electrons. The van der Waals surface area contributed by atoms with Crippen LogP contribution in [0.5, 0.6) is 0 Å². The molecule has 0 bridgehead atoms. The Balaban J connectivity index is 1.35. The maximum atomic E-state index is 5.87. The zero-order chi connectivity index (χ0) is 21.2. The van der Waals surface area contributed by atoms with E-state index in [0.29, 0.717) is 24.0 Å². The van der Waals surface area contributed by atoms with Crippen LogP contribution in [0.4, 0.5) is 5.69 Å². The van der Waals surface area contributed by atoms with Gasteiger partial charge in [0.2, 0.25) is 5.82 Å². The van der Waals surface area contributed by atoms with Gasteiger partial charge in [0.15, 0.2) is 0 Å². The highest BCUT2D eigenvalue weighted by Crippen LogP contribution is 2.26. The first kappa shape index (κ1) is 19.5. The molecule has 1 fully saturated rings. The summed E-state index contributed by atoms with van der Waals surface area (Å²) in [5, 5.41) is 4.09. The molecule has 0 saturated carbocycles. The van der Waals surface area contributed by atoms with E-state index in [-0.39, 0.29) is 0 Å². The van der Waals surface area contributed by atoms with Gasteiger partial charge in [-0.25, -0.2) is 4.98 Å². The van der Waals surface area contributed by atoms with Crippen molar-refractivity contribution in [1.29, 1.82) is 0 Å². The van der Waals surface area contributed by atoms with Crippen molar-refractivity contribution in [1.82, 2.24) is 15.1 Å². The number of aromatic nitrogens is 3. The van der Waals surface area contributed by atoms with Gasteiger partial charge in [-0.05, 0) is 50.8 Å². The van der Waals surface area contributed by atoms with E-state index in [4.69, 9.17) is 8.94 Å². The second-order valence-electron chi connectivity index (χ2n) is 8.21. The average Bonchev–Trinajstić information content (AvgIpc) is 3.43. The highest BCUT2D eigenvalue weighted by atomic mass is 16.5. The van der Waals surface area contributed by atoms with Crippen molar-refractivity contribution in [2.75, 3.05) is 18.0 Å². The van der Waals surface area contributed by atoms with E-state index in [9.17, 15) is 0 Å². The van der Waals surface area contributed by atoms with Crippen LogP contribution in [-0.4, -0.2) is 28.2 Å². The Hall–Kier alpha value is -3.41. The van der Waals surface area contributed by atoms with Crippen LogP contribution in [0.2, 0.25) is 0 Å². The average molecular weight is 415 g/mol. The van der Waals surface area contributed by atoms with Gasteiger partial charge in [0.25, 0.3) is 5.89 Å². The molecule has 3 heterocycles. The zero-order valence-corrected chi connectivity index (χ0v) is 18.0. The van der Waals surface area contributed by atoms with Crippen LogP contribution in [0, 0.1) is 13.8 Å². The summed E-state index contributed by atoms with van der Waals surface area (Å²) < 4.78 is 11.3. The monoisotopic (exact) mass is 414 g/mol. The number of hydrogen-bond acceptors (Lipinski definition) is 6. The molecule has 1 saturated heterocycles. The van der Waals surface area contributed by atoms with E-state index in [1.165, 1.54) is 36.1 Å². The first-order valence-electron chi connectivity index (χ1n) is 10.9.